The van der Waals surface area contributed by atoms with Gasteiger partial charge in [-0.3, -0.25) is 0 Å². The van der Waals surface area contributed by atoms with E-state index in [1.54, 1.807) is 13.2 Å². The molecule has 0 aliphatic rings. The summed E-state index contributed by atoms with van der Waals surface area (Å²) in [5, 5.41) is 18.4. The summed E-state index contributed by atoms with van der Waals surface area (Å²) in [5.41, 5.74) is 0.0841. The second-order valence-electron chi connectivity index (χ2n) is 3.76. The van der Waals surface area contributed by atoms with Gasteiger partial charge in [-0.25, -0.2) is 4.79 Å². The Morgan fingerprint density at radius 2 is 1.84 bits per heavy atom. The van der Waals surface area contributed by atoms with Crippen molar-refractivity contribution in [3.63, 3.8) is 0 Å². The molecule has 0 amide bonds. The molecular formula is C14H12O4S. The maximum Gasteiger partial charge on any atom is 0.336 e. The lowest BCUT2D eigenvalue weighted by atomic mass is 10.2. The average molecular weight is 276 g/mol. The van der Waals surface area contributed by atoms with E-state index >= 15 is 0 Å². The largest absolute Gasteiger partial charge is 0.508 e. The van der Waals surface area contributed by atoms with Gasteiger partial charge in [-0.05, 0) is 42.5 Å². The van der Waals surface area contributed by atoms with E-state index in [1.807, 2.05) is 24.3 Å². The number of hydrogen-bond donors (Lipinski definition) is 2. The van der Waals surface area contributed by atoms with Gasteiger partial charge in [-0.15, -0.1) is 0 Å². The normalized spacial score (nSPS) is 10.2. The molecule has 0 atom stereocenters. The number of carboxylic acid groups (broad SMARTS) is 1. The van der Waals surface area contributed by atoms with Gasteiger partial charge in [-0.1, -0.05) is 11.8 Å². The zero-order chi connectivity index (χ0) is 13.8. The van der Waals surface area contributed by atoms with Crippen molar-refractivity contribution in [2.75, 3.05) is 7.11 Å². The number of phenolic OH excluding ortho intramolecular Hbond substituents is 1. The number of hydrogen-bond acceptors (Lipinski definition) is 4. The smallest absolute Gasteiger partial charge is 0.336 e. The second-order valence-corrected chi connectivity index (χ2v) is 4.88. The summed E-state index contributed by atoms with van der Waals surface area (Å²) >= 11 is 1.32. The minimum absolute atomic E-state index is 0.0588. The predicted octanol–water partition coefficient (Wildman–Crippen LogP) is 3.25. The molecule has 0 aromatic heterocycles. The molecule has 5 heteroatoms. The molecule has 2 aromatic carbocycles. The first-order chi connectivity index (χ1) is 9.10. The Morgan fingerprint density at radius 3 is 2.42 bits per heavy atom. The lowest BCUT2D eigenvalue weighted by Crippen LogP contribution is -1.98. The molecule has 0 fully saturated rings. The van der Waals surface area contributed by atoms with E-state index in [2.05, 4.69) is 0 Å². The van der Waals surface area contributed by atoms with E-state index in [-0.39, 0.29) is 11.3 Å². The van der Waals surface area contributed by atoms with E-state index in [4.69, 9.17) is 9.84 Å². The van der Waals surface area contributed by atoms with E-state index < -0.39 is 5.97 Å². The number of carbonyl (C=O) groups is 1. The molecule has 0 aliphatic heterocycles. The van der Waals surface area contributed by atoms with E-state index in [0.29, 0.717) is 4.90 Å². The third-order valence-electron chi connectivity index (χ3n) is 2.48. The van der Waals surface area contributed by atoms with Crippen LogP contribution in [0.5, 0.6) is 11.5 Å². The first-order valence-electron chi connectivity index (χ1n) is 5.48. The van der Waals surface area contributed by atoms with Gasteiger partial charge in [-0.2, -0.15) is 0 Å². The Hall–Kier alpha value is -2.14. The summed E-state index contributed by atoms with van der Waals surface area (Å²) in [5.74, 6) is -0.378. The number of aromatic carboxylic acids is 1. The van der Waals surface area contributed by atoms with Gasteiger partial charge in [0.2, 0.25) is 0 Å². The van der Waals surface area contributed by atoms with Crippen LogP contribution in [-0.4, -0.2) is 23.3 Å². The quantitative estimate of drug-likeness (QED) is 0.897. The van der Waals surface area contributed by atoms with Crippen molar-refractivity contribution in [3.05, 3.63) is 48.0 Å². The Balaban J connectivity index is 2.29. The van der Waals surface area contributed by atoms with Crippen LogP contribution in [0, 0.1) is 0 Å². The molecule has 19 heavy (non-hydrogen) atoms. The summed E-state index contributed by atoms with van der Waals surface area (Å²) in [6.07, 6.45) is 0. The predicted molar refractivity (Wildman–Crippen MR) is 72.2 cm³/mol. The van der Waals surface area contributed by atoms with Crippen LogP contribution in [0.15, 0.2) is 52.3 Å². The number of carboxylic acids is 1. The molecule has 0 saturated heterocycles. The highest BCUT2D eigenvalue weighted by atomic mass is 32.2. The van der Waals surface area contributed by atoms with E-state index in [9.17, 15) is 9.90 Å². The SMILES string of the molecule is COc1ccc(Sc2ccc(O)cc2C(=O)O)cc1. The number of methoxy groups -OCH3 is 1. The molecule has 0 unspecified atom stereocenters. The topological polar surface area (TPSA) is 66.8 Å². The standard InChI is InChI=1S/C14H12O4S/c1-18-10-3-5-11(6-4-10)19-13-7-2-9(15)8-12(13)14(16)17/h2-8,15H,1H3,(H,16,17). The summed E-state index contributed by atoms with van der Waals surface area (Å²) in [7, 11) is 1.59. The lowest BCUT2D eigenvalue weighted by Gasteiger charge is -2.07. The van der Waals surface area contributed by atoms with Crippen LogP contribution in [0.2, 0.25) is 0 Å². The fraction of sp³-hybridized carbons (Fsp3) is 0.0714. The molecule has 2 aromatic rings. The van der Waals surface area contributed by atoms with Crippen LogP contribution in [0.1, 0.15) is 10.4 Å². The van der Waals surface area contributed by atoms with Crippen LogP contribution < -0.4 is 4.74 Å². The molecule has 0 spiro atoms. The zero-order valence-corrected chi connectivity index (χ0v) is 11.0. The van der Waals surface area contributed by atoms with Gasteiger partial charge in [0, 0.05) is 9.79 Å². The first kappa shape index (κ1) is 13.3. The molecule has 0 radical (unpaired) electrons. The van der Waals surface area contributed by atoms with Gasteiger partial charge in [0.1, 0.15) is 11.5 Å². The lowest BCUT2D eigenvalue weighted by molar-refractivity contribution is 0.0692. The number of benzene rings is 2. The maximum atomic E-state index is 11.1. The fourth-order valence-electron chi connectivity index (χ4n) is 1.54. The molecular weight excluding hydrogens is 264 g/mol. The van der Waals surface area contributed by atoms with Crippen LogP contribution in [0.4, 0.5) is 0 Å². The molecule has 98 valence electrons. The Bertz CT molecular complexity index is 593. The number of aromatic hydroxyl groups is 1. The molecule has 2 rings (SSSR count). The Labute approximate surface area is 114 Å². The van der Waals surface area contributed by atoms with Crippen molar-refractivity contribution < 1.29 is 19.7 Å². The summed E-state index contributed by atoms with van der Waals surface area (Å²) in [4.78, 5) is 12.6. The van der Waals surface area contributed by atoms with Crippen LogP contribution >= 0.6 is 11.8 Å². The molecule has 0 saturated carbocycles. The molecule has 0 heterocycles. The van der Waals surface area contributed by atoms with Crippen LogP contribution in [0.25, 0.3) is 0 Å². The highest BCUT2D eigenvalue weighted by molar-refractivity contribution is 7.99. The van der Waals surface area contributed by atoms with Crippen molar-refractivity contribution in [2.24, 2.45) is 0 Å². The third-order valence-corrected chi connectivity index (χ3v) is 3.56. The summed E-state index contributed by atoms with van der Waals surface area (Å²) in [6.45, 7) is 0. The number of ether oxygens (including phenoxy) is 1. The van der Waals surface area contributed by atoms with Gasteiger partial charge in [0.15, 0.2) is 0 Å². The minimum Gasteiger partial charge on any atom is -0.508 e. The highest BCUT2D eigenvalue weighted by Gasteiger charge is 2.12. The number of phenols is 1. The molecule has 0 bridgehead atoms. The van der Waals surface area contributed by atoms with Gasteiger partial charge < -0.3 is 14.9 Å². The van der Waals surface area contributed by atoms with Crippen molar-refractivity contribution in [2.45, 2.75) is 9.79 Å². The third kappa shape index (κ3) is 3.20. The summed E-state index contributed by atoms with van der Waals surface area (Å²) in [6, 6.07) is 11.6. The summed E-state index contributed by atoms with van der Waals surface area (Å²) < 4.78 is 5.06. The first-order valence-corrected chi connectivity index (χ1v) is 6.30. The van der Waals surface area contributed by atoms with Gasteiger partial charge in [0.05, 0.1) is 12.7 Å². The highest BCUT2D eigenvalue weighted by Crippen LogP contribution is 2.33. The minimum atomic E-state index is -1.06. The van der Waals surface area contributed by atoms with Crippen molar-refractivity contribution in [1.82, 2.24) is 0 Å². The van der Waals surface area contributed by atoms with Gasteiger partial charge in [0.25, 0.3) is 0 Å². The molecule has 4 nitrogen and oxygen atoms in total. The van der Waals surface area contributed by atoms with E-state index in [0.717, 1.165) is 10.6 Å². The molecule has 0 aliphatic carbocycles. The van der Waals surface area contributed by atoms with Crippen LogP contribution in [0.3, 0.4) is 0 Å². The monoisotopic (exact) mass is 276 g/mol. The Kier molecular flexibility index (Phi) is 3.97. The van der Waals surface area contributed by atoms with Crippen LogP contribution in [-0.2, 0) is 0 Å². The fourth-order valence-corrected chi connectivity index (χ4v) is 2.46. The van der Waals surface area contributed by atoms with Crippen molar-refractivity contribution in [3.8, 4) is 11.5 Å². The Morgan fingerprint density at radius 1 is 1.16 bits per heavy atom. The van der Waals surface area contributed by atoms with Gasteiger partial charge >= 0.3 is 5.97 Å². The maximum absolute atomic E-state index is 11.1. The molecule has 2 N–H and O–H groups in total. The van der Waals surface area contributed by atoms with E-state index in [1.165, 1.54) is 23.9 Å². The van der Waals surface area contributed by atoms with Crippen molar-refractivity contribution in [1.29, 1.82) is 0 Å². The number of rotatable bonds is 4. The second kappa shape index (κ2) is 5.67. The van der Waals surface area contributed by atoms with Crippen molar-refractivity contribution >= 4 is 17.7 Å². The average Bonchev–Trinajstić information content (AvgIpc) is 2.41. The zero-order valence-electron chi connectivity index (χ0n) is 10.2.